The van der Waals surface area contributed by atoms with Crippen molar-refractivity contribution in [3.63, 3.8) is 0 Å². The minimum atomic E-state index is -0.530. The third-order valence-electron chi connectivity index (χ3n) is 9.75. The van der Waals surface area contributed by atoms with E-state index in [0.717, 1.165) is 55.6 Å². The number of aromatic nitrogens is 2. The molecule has 6 rings (SSSR count). The number of hydrogen-bond acceptors (Lipinski definition) is 4. The van der Waals surface area contributed by atoms with Gasteiger partial charge in [-0.25, -0.2) is 14.2 Å². The molecule has 0 N–H and O–H groups in total. The van der Waals surface area contributed by atoms with Gasteiger partial charge in [-0.2, -0.15) is 0 Å². The van der Waals surface area contributed by atoms with Crippen LogP contribution in [0.1, 0.15) is 83.1 Å². The number of carbonyl (C=O) groups is 1. The van der Waals surface area contributed by atoms with E-state index in [2.05, 4.69) is 40.7 Å². The molecule has 8 heteroatoms. The van der Waals surface area contributed by atoms with Gasteiger partial charge in [0, 0.05) is 31.2 Å². The van der Waals surface area contributed by atoms with Gasteiger partial charge in [-0.3, -0.25) is 4.90 Å². The number of nitrogens with zero attached hydrogens (tertiary/aromatic N) is 4. The van der Waals surface area contributed by atoms with Crippen molar-refractivity contribution in [2.45, 2.75) is 102 Å². The molecule has 1 aromatic heterocycles. The van der Waals surface area contributed by atoms with Crippen LogP contribution in [0.25, 0.3) is 11.0 Å². The fraction of sp³-hybridized carbons (Fsp3) is 0.576. The van der Waals surface area contributed by atoms with Crippen LogP contribution in [0.2, 0.25) is 5.02 Å². The third-order valence-corrected chi connectivity index (χ3v) is 10.1. The summed E-state index contributed by atoms with van der Waals surface area (Å²) in [7, 11) is 0. The van der Waals surface area contributed by atoms with Gasteiger partial charge in [0.2, 0.25) is 0 Å². The summed E-state index contributed by atoms with van der Waals surface area (Å²) in [6.07, 6.45) is 6.93. The van der Waals surface area contributed by atoms with Gasteiger partial charge in [-0.05, 0) is 114 Å². The molecule has 0 aliphatic carbocycles. The SMILES string of the molecule is Cc1nc2ccccc2n1C1CC2CCC(C1)N2CCC1(c2ccc(Cl)c(F)c2)CCN(C(=O)OC(C)(C)C)CC1. The first kappa shape index (κ1) is 28.5. The number of amides is 1. The third kappa shape index (κ3) is 5.60. The van der Waals surface area contributed by atoms with Gasteiger partial charge < -0.3 is 14.2 Å². The highest BCUT2D eigenvalue weighted by Gasteiger charge is 2.44. The quantitative estimate of drug-likeness (QED) is 0.311. The number of hydrogen-bond donors (Lipinski definition) is 0. The zero-order valence-corrected chi connectivity index (χ0v) is 25.5. The Labute approximate surface area is 247 Å². The minimum Gasteiger partial charge on any atom is -0.444 e. The number of carbonyl (C=O) groups excluding carboxylic acids is 1. The first-order chi connectivity index (χ1) is 19.5. The Bertz CT molecular complexity index is 1410. The molecule has 2 bridgehead atoms. The summed E-state index contributed by atoms with van der Waals surface area (Å²) in [5, 5.41) is 0.150. The van der Waals surface area contributed by atoms with E-state index in [4.69, 9.17) is 21.3 Å². The second-order valence-electron chi connectivity index (χ2n) is 13.4. The molecule has 2 aromatic carbocycles. The van der Waals surface area contributed by atoms with Gasteiger partial charge in [0.05, 0.1) is 16.1 Å². The predicted molar refractivity (Wildman–Crippen MR) is 161 cm³/mol. The number of likely N-dealkylation sites (tertiary alicyclic amines) is 1. The van der Waals surface area contributed by atoms with Crippen molar-refractivity contribution in [2.75, 3.05) is 19.6 Å². The summed E-state index contributed by atoms with van der Waals surface area (Å²) < 4.78 is 22.8. The highest BCUT2D eigenvalue weighted by molar-refractivity contribution is 6.30. The van der Waals surface area contributed by atoms with Crippen LogP contribution < -0.4 is 0 Å². The molecule has 1 amide bonds. The molecule has 3 aliphatic heterocycles. The van der Waals surface area contributed by atoms with E-state index >= 15 is 0 Å². The lowest BCUT2D eigenvalue weighted by Gasteiger charge is -2.45. The first-order valence-corrected chi connectivity index (χ1v) is 15.5. The maximum atomic E-state index is 14.7. The molecule has 2 unspecified atom stereocenters. The van der Waals surface area contributed by atoms with E-state index in [-0.39, 0.29) is 22.3 Å². The lowest BCUT2D eigenvalue weighted by molar-refractivity contribution is 0.0143. The number of para-hydroxylation sites is 2. The van der Waals surface area contributed by atoms with Crippen LogP contribution in [-0.4, -0.2) is 62.8 Å². The van der Waals surface area contributed by atoms with Crippen LogP contribution >= 0.6 is 11.6 Å². The monoisotopic (exact) mass is 580 g/mol. The second-order valence-corrected chi connectivity index (χ2v) is 13.8. The smallest absolute Gasteiger partial charge is 0.410 e. The van der Waals surface area contributed by atoms with Gasteiger partial charge >= 0.3 is 6.09 Å². The van der Waals surface area contributed by atoms with E-state index in [1.165, 1.54) is 18.4 Å². The summed E-state index contributed by atoms with van der Waals surface area (Å²) in [6.45, 7) is 9.98. The fourth-order valence-electron chi connectivity index (χ4n) is 7.74. The topological polar surface area (TPSA) is 50.6 Å². The van der Waals surface area contributed by atoms with E-state index < -0.39 is 5.60 Å². The fourth-order valence-corrected chi connectivity index (χ4v) is 7.86. The van der Waals surface area contributed by atoms with Gasteiger partial charge in [-0.15, -0.1) is 0 Å². The Morgan fingerprint density at radius 1 is 1.07 bits per heavy atom. The average Bonchev–Trinajstić information content (AvgIpc) is 3.38. The number of halogens is 2. The second kappa shape index (κ2) is 10.9. The molecule has 41 heavy (non-hydrogen) atoms. The Kier molecular flexibility index (Phi) is 7.56. The number of benzene rings is 2. The van der Waals surface area contributed by atoms with E-state index in [9.17, 15) is 9.18 Å². The van der Waals surface area contributed by atoms with Crippen molar-refractivity contribution in [3.05, 3.63) is 64.7 Å². The van der Waals surface area contributed by atoms with Crippen molar-refractivity contribution in [2.24, 2.45) is 0 Å². The molecular formula is C33H42ClFN4O2. The number of rotatable bonds is 5. The van der Waals surface area contributed by atoms with E-state index in [1.807, 2.05) is 31.7 Å². The highest BCUT2D eigenvalue weighted by Crippen LogP contribution is 2.45. The minimum absolute atomic E-state index is 0.150. The molecule has 3 aliphatic rings. The normalized spacial score (nSPS) is 24.6. The molecule has 0 saturated carbocycles. The molecule has 0 spiro atoms. The Morgan fingerprint density at radius 3 is 2.41 bits per heavy atom. The summed E-state index contributed by atoms with van der Waals surface area (Å²) in [6, 6.07) is 15.3. The zero-order valence-electron chi connectivity index (χ0n) is 24.7. The molecular weight excluding hydrogens is 539 g/mol. The van der Waals surface area contributed by atoms with Crippen molar-refractivity contribution < 1.29 is 13.9 Å². The molecule has 2 atom stereocenters. The van der Waals surface area contributed by atoms with Crippen LogP contribution in [-0.2, 0) is 10.2 Å². The van der Waals surface area contributed by atoms with Gasteiger partial charge in [0.25, 0.3) is 0 Å². The first-order valence-electron chi connectivity index (χ1n) is 15.2. The molecule has 3 aromatic rings. The van der Waals surface area contributed by atoms with Crippen LogP contribution in [0.3, 0.4) is 0 Å². The van der Waals surface area contributed by atoms with Crippen molar-refractivity contribution in [1.82, 2.24) is 19.4 Å². The Hall–Kier alpha value is -2.64. The van der Waals surface area contributed by atoms with Crippen LogP contribution in [0.15, 0.2) is 42.5 Å². The highest BCUT2D eigenvalue weighted by atomic mass is 35.5. The van der Waals surface area contributed by atoms with Crippen molar-refractivity contribution in [3.8, 4) is 0 Å². The summed E-state index contributed by atoms with van der Waals surface area (Å²) >= 11 is 6.08. The molecule has 4 heterocycles. The Morgan fingerprint density at radius 2 is 1.76 bits per heavy atom. The molecule has 6 nitrogen and oxygen atoms in total. The van der Waals surface area contributed by atoms with Gasteiger partial charge in [0.15, 0.2) is 0 Å². The number of imidazole rings is 1. The molecule has 3 saturated heterocycles. The number of piperidine rings is 2. The van der Waals surface area contributed by atoms with E-state index in [1.54, 1.807) is 12.1 Å². The Balaban J connectivity index is 1.19. The van der Waals surface area contributed by atoms with Crippen molar-refractivity contribution >= 4 is 28.7 Å². The molecule has 0 radical (unpaired) electrons. The summed E-state index contributed by atoms with van der Waals surface area (Å²) in [5.74, 6) is 0.728. The largest absolute Gasteiger partial charge is 0.444 e. The lowest BCUT2D eigenvalue weighted by atomic mass is 9.70. The number of ether oxygens (including phenoxy) is 1. The van der Waals surface area contributed by atoms with Crippen LogP contribution in [0.4, 0.5) is 9.18 Å². The molecule has 220 valence electrons. The lowest BCUT2D eigenvalue weighted by Crippen LogP contribution is -2.49. The summed E-state index contributed by atoms with van der Waals surface area (Å²) in [5.41, 5.74) is 2.57. The maximum absolute atomic E-state index is 14.7. The molecule has 3 fully saturated rings. The number of fused-ring (bicyclic) bond motifs is 3. The standard InChI is InChI=1S/C33H42ClFN4O2/c1-22-36-29-7-5-6-8-30(29)39(22)26-20-24-10-11-25(21-26)38(24)18-15-33(23-9-12-27(34)28(35)19-23)13-16-37(17-14-33)31(40)41-32(2,3)4/h5-9,12,19,24-26H,10-11,13-18,20-21H2,1-4H3. The van der Waals surface area contributed by atoms with Crippen molar-refractivity contribution in [1.29, 1.82) is 0 Å². The predicted octanol–water partition coefficient (Wildman–Crippen LogP) is 7.66. The average molecular weight is 581 g/mol. The summed E-state index contributed by atoms with van der Waals surface area (Å²) in [4.78, 5) is 22.2. The zero-order chi connectivity index (χ0) is 28.9. The van der Waals surface area contributed by atoms with Gasteiger partial charge in [-0.1, -0.05) is 29.8 Å². The van der Waals surface area contributed by atoms with Crippen LogP contribution in [0.5, 0.6) is 0 Å². The maximum Gasteiger partial charge on any atom is 0.410 e. The van der Waals surface area contributed by atoms with Crippen LogP contribution in [0, 0.1) is 12.7 Å². The van der Waals surface area contributed by atoms with E-state index in [0.29, 0.717) is 31.2 Å². The number of aryl methyl sites for hydroxylation is 1. The van der Waals surface area contributed by atoms with Gasteiger partial charge in [0.1, 0.15) is 17.2 Å².